The molecule has 1 amide bonds. The summed E-state index contributed by atoms with van der Waals surface area (Å²) in [6.45, 7) is 7.37. The molecule has 6 rings (SSSR count). The van der Waals surface area contributed by atoms with Crippen molar-refractivity contribution in [3.8, 4) is 0 Å². The second-order valence-electron chi connectivity index (χ2n) is 11.0. The normalized spacial score (nSPS) is 32.2. The highest BCUT2D eigenvalue weighted by atomic mass is 16.8. The number of benzene rings is 2. The molecule has 0 radical (unpaired) electrons. The Balaban J connectivity index is 1.39. The molecule has 41 heavy (non-hydrogen) atoms. The van der Waals surface area contributed by atoms with Crippen molar-refractivity contribution < 1.29 is 43.2 Å². The van der Waals surface area contributed by atoms with E-state index in [1.165, 1.54) is 58.5 Å². The number of hydrogen-bond donors (Lipinski definition) is 0. The molecule has 4 aliphatic rings. The van der Waals surface area contributed by atoms with Gasteiger partial charge < -0.3 is 28.5 Å². The van der Waals surface area contributed by atoms with E-state index in [1.54, 1.807) is 27.7 Å². The zero-order valence-corrected chi connectivity index (χ0v) is 22.6. The molecule has 4 saturated heterocycles. The molecule has 4 heterocycles. The number of carbonyl (C=O) groups is 1. The minimum absolute atomic E-state index is 0.139. The molecule has 6 atom stereocenters. The molecule has 15 nitrogen and oxygen atoms in total. The number of hydroxylamine groups is 2. The van der Waals surface area contributed by atoms with Crippen LogP contribution in [0.3, 0.4) is 0 Å². The van der Waals surface area contributed by atoms with Crippen molar-refractivity contribution in [1.29, 1.82) is 0 Å². The van der Waals surface area contributed by atoms with Crippen LogP contribution < -0.4 is 4.90 Å². The average molecular weight is 573 g/mol. The van der Waals surface area contributed by atoms with Gasteiger partial charge in [0.05, 0.1) is 16.5 Å². The number of carbonyl (C=O) groups excluding carboxylic acids is 1. The van der Waals surface area contributed by atoms with Gasteiger partial charge in [-0.1, -0.05) is 5.06 Å². The van der Waals surface area contributed by atoms with Crippen molar-refractivity contribution in [3.05, 3.63) is 74.3 Å². The van der Waals surface area contributed by atoms with E-state index in [0.29, 0.717) is 11.3 Å². The van der Waals surface area contributed by atoms with Crippen LogP contribution in [0, 0.1) is 20.2 Å². The molecule has 0 bridgehead atoms. The molecule has 218 valence electrons. The smallest absolute Gasteiger partial charge is 0.348 e. The predicted molar refractivity (Wildman–Crippen MR) is 137 cm³/mol. The predicted octanol–water partition coefficient (Wildman–Crippen LogP) is 3.77. The van der Waals surface area contributed by atoms with Crippen molar-refractivity contribution in [2.75, 3.05) is 11.5 Å². The topological polar surface area (TPSA) is 165 Å². The van der Waals surface area contributed by atoms with Crippen molar-refractivity contribution in [2.24, 2.45) is 0 Å². The van der Waals surface area contributed by atoms with Crippen molar-refractivity contribution in [3.63, 3.8) is 0 Å². The summed E-state index contributed by atoms with van der Waals surface area (Å²) < 4.78 is 30.7. The molecule has 0 N–H and O–H groups in total. The standard InChI is InChI=1S/C26H28N4O11/c1-25(2)36-13-18(38-25)19-20-21(40-26(3,4)39-20)23(37-19)28-22(14-5-7-16(8-6-14)29(32)33)27(24(31)41-28)15-9-11-17(12-10-15)30(34)35/h5-12,18-23H,13H2,1-4H3/t18-,19-,20+,21+,22?,23-/m1/s1. The molecule has 0 spiro atoms. The fraction of sp³-hybridized carbons (Fsp3) is 0.500. The Morgan fingerprint density at radius 1 is 0.805 bits per heavy atom. The summed E-state index contributed by atoms with van der Waals surface area (Å²) in [6, 6.07) is 11.0. The van der Waals surface area contributed by atoms with Crippen molar-refractivity contribution in [2.45, 2.75) is 76.1 Å². The van der Waals surface area contributed by atoms with E-state index in [4.69, 9.17) is 28.5 Å². The van der Waals surface area contributed by atoms with Gasteiger partial charge in [0.25, 0.3) is 11.4 Å². The zero-order chi connectivity index (χ0) is 29.3. The number of nitro groups is 2. The van der Waals surface area contributed by atoms with E-state index in [2.05, 4.69) is 0 Å². The summed E-state index contributed by atoms with van der Waals surface area (Å²) in [5, 5.41) is 23.8. The molecule has 0 aliphatic carbocycles. The summed E-state index contributed by atoms with van der Waals surface area (Å²) in [4.78, 5) is 41.9. The highest BCUT2D eigenvalue weighted by Crippen LogP contribution is 2.47. The lowest BCUT2D eigenvalue weighted by atomic mass is 10.1. The molecule has 2 aromatic carbocycles. The molecule has 0 aromatic heterocycles. The number of ether oxygens (including phenoxy) is 5. The lowest BCUT2D eigenvalue weighted by molar-refractivity contribution is -0.385. The fourth-order valence-electron chi connectivity index (χ4n) is 5.62. The summed E-state index contributed by atoms with van der Waals surface area (Å²) in [7, 11) is 0. The highest BCUT2D eigenvalue weighted by molar-refractivity contribution is 5.90. The summed E-state index contributed by atoms with van der Waals surface area (Å²) in [5.41, 5.74) is 0.467. The van der Waals surface area contributed by atoms with Crippen LogP contribution in [0.1, 0.15) is 39.4 Å². The van der Waals surface area contributed by atoms with Gasteiger partial charge in [-0.25, -0.2) is 4.79 Å². The van der Waals surface area contributed by atoms with Crippen LogP contribution in [0.15, 0.2) is 48.5 Å². The second-order valence-corrected chi connectivity index (χ2v) is 11.0. The quantitative estimate of drug-likeness (QED) is 0.364. The summed E-state index contributed by atoms with van der Waals surface area (Å²) >= 11 is 0. The van der Waals surface area contributed by atoms with Crippen LogP contribution in [-0.2, 0) is 28.5 Å². The highest BCUT2D eigenvalue weighted by Gasteiger charge is 2.63. The Morgan fingerprint density at radius 3 is 1.95 bits per heavy atom. The average Bonchev–Trinajstić information content (AvgIpc) is 3.63. The molecule has 2 aromatic rings. The van der Waals surface area contributed by atoms with Crippen molar-refractivity contribution >= 4 is 23.2 Å². The maximum atomic E-state index is 13.4. The number of fused-ring (bicyclic) bond motifs is 1. The van der Waals surface area contributed by atoms with Gasteiger partial charge in [-0.2, -0.15) is 0 Å². The Kier molecular flexibility index (Phi) is 6.48. The van der Waals surface area contributed by atoms with Crippen molar-refractivity contribution in [1.82, 2.24) is 5.06 Å². The van der Waals surface area contributed by atoms with E-state index in [-0.39, 0.29) is 18.0 Å². The SMILES string of the molecule is CC1(C)O[C@@H]2[C@H](O1)[C@H](N1OC(=O)N(c3ccc([N+](=O)[O-])cc3)C1c1ccc([N+](=O)[O-])cc1)O[C@@H]2[C@H]1COC(C)(C)O1. The van der Waals surface area contributed by atoms with Crippen LogP contribution >= 0.6 is 0 Å². The molecule has 1 unspecified atom stereocenters. The summed E-state index contributed by atoms with van der Waals surface area (Å²) in [5.74, 6) is -1.81. The molecule has 15 heteroatoms. The van der Waals surface area contributed by atoms with Crippen LogP contribution in [-0.4, -0.2) is 69.8 Å². The first-order valence-corrected chi connectivity index (χ1v) is 12.9. The maximum Gasteiger partial charge on any atom is 0.435 e. The number of non-ortho nitro benzene ring substituents is 2. The molecule has 4 aliphatic heterocycles. The minimum atomic E-state index is -0.987. The molecular weight excluding hydrogens is 544 g/mol. The third kappa shape index (κ3) is 4.90. The lowest BCUT2D eigenvalue weighted by Gasteiger charge is -2.32. The largest absolute Gasteiger partial charge is 0.435 e. The van der Waals surface area contributed by atoms with Gasteiger partial charge in [0.2, 0.25) is 0 Å². The Bertz CT molecular complexity index is 1370. The maximum absolute atomic E-state index is 13.4. The van der Waals surface area contributed by atoms with Crippen LogP contribution in [0.2, 0.25) is 0 Å². The van der Waals surface area contributed by atoms with Crippen LogP contribution in [0.5, 0.6) is 0 Å². The number of hydrogen-bond acceptors (Lipinski definition) is 12. The van der Waals surface area contributed by atoms with Gasteiger partial charge in [0.1, 0.15) is 24.4 Å². The number of nitrogens with zero attached hydrogens (tertiary/aromatic N) is 4. The van der Waals surface area contributed by atoms with Gasteiger partial charge >= 0.3 is 6.09 Å². The van der Waals surface area contributed by atoms with Gasteiger partial charge in [-0.3, -0.25) is 25.1 Å². The Hall–Kier alpha value is -3.73. The third-order valence-corrected chi connectivity index (χ3v) is 7.32. The van der Waals surface area contributed by atoms with Gasteiger partial charge in [0.15, 0.2) is 24.0 Å². The van der Waals surface area contributed by atoms with E-state index in [1.807, 2.05) is 0 Å². The first-order chi connectivity index (χ1) is 19.3. The zero-order valence-electron chi connectivity index (χ0n) is 22.6. The Labute approximate surface area is 233 Å². The fourth-order valence-corrected chi connectivity index (χ4v) is 5.62. The minimum Gasteiger partial charge on any atom is -0.348 e. The van der Waals surface area contributed by atoms with E-state index < -0.39 is 64.3 Å². The van der Waals surface area contributed by atoms with Gasteiger partial charge in [-0.15, -0.1) is 0 Å². The van der Waals surface area contributed by atoms with Gasteiger partial charge in [0, 0.05) is 30.0 Å². The number of rotatable bonds is 6. The second kappa shape index (κ2) is 9.68. The Morgan fingerprint density at radius 2 is 1.39 bits per heavy atom. The summed E-state index contributed by atoms with van der Waals surface area (Å²) in [6.07, 6.45) is -5.20. The molecule has 4 fully saturated rings. The third-order valence-electron chi connectivity index (χ3n) is 7.32. The number of amides is 1. The first-order valence-electron chi connectivity index (χ1n) is 12.9. The first kappa shape index (κ1) is 27.4. The van der Waals surface area contributed by atoms with E-state index >= 15 is 0 Å². The monoisotopic (exact) mass is 572 g/mol. The van der Waals surface area contributed by atoms with Crippen LogP contribution in [0.25, 0.3) is 0 Å². The molecular formula is C26H28N4O11. The van der Waals surface area contributed by atoms with Crippen LogP contribution in [0.4, 0.5) is 21.9 Å². The van der Waals surface area contributed by atoms with E-state index in [9.17, 15) is 25.0 Å². The number of nitro benzene ring substituents is 2. The van der Waals surface area contributed by atoms with E-state index in [0.717, 1.165) is 0 Å². The lowest BCUT2D eigenvalue weighted by Crippen LogP contribution is -2.45. The molecule has 0 saturated carbocycles. The number of anilines is 1. The van der Waals surface area contributed by atoms with Gasteiger partial charge in [-0.05, 0) is 57.5 Å².